The fourth-order valence-corrected chi connectivity index (χ4v) is 3.15. The van der Waals surface area contributed by atoms with Gasteiger partial charge >= 0.3 is 0 Å². The second-order valence-electron chi connectivity index (χ2n) is 4.67. The topological polar surface area (TPSA) is 59.2 Å². The fraction of sp³-hybridized carbons (Fsp3) is 0.615. The number of carbonyl (C=O) groups excluding carboxylic acids is 1. The van der Waals surface area contributed by atoms with Crippen LogP contribution in [0.15, 0.2) is 5.38 Å². The molecule has 1 rings (SSSR count). The van der Waals surface area contributed by atoms with Gasteiger partial charge in [-0.15, -0.1) is 11.3 Å². The first-order valence-corrected chi connectivity index (χ1v) is 7.62. The number of thiocarbonyl (C=S) groups is 1. The van der Waals surface area contributed by atoms with Crippen molar-refractivity contribution in [1.29, 1.82) is 0 Å². The number of carbonyl (C=O) groups is 1. The maximum Gasteiger partial charge on any atom is 0.235 e. The van der Waals surface area contributed by atoms with Crippen molar-refractivity contribution >= 4 is 34.5 Å². The zero-order chi connectivity index (χ0) is 14.6. The van der Waals surface area contributed by atoms with Crippen LogP contribution < -0.4 is 5.73 Å². The van der Waals surface area contributed by atoms with Crippen LogP contribution in [0.5, 0.6) is 0 Å². The van der Waals surface area contributed by atoms with Crippen molar-refractivity contribution in [1.82, 2.24) is 9.88 Å². The lowest BCUT2D eigenvalue weighted by Gasteiger charge is -2.33. The molecule has 2 N–H and O–H groups in total. The molecule has 0 radical (unpaired) electrons. The minimum absolute atomic E-state index is 0.0179. The number of hydrogen-bond acceptors (Lipinski definition) is 4. The lowest BCUT2D eigenvalue weighted by Crippen LogP contribution is -2.48. The van der Waals surface area contributed by atoms with Crippen LogP contribution in [-0.2, 0) is 11.3 Å². The Morgan fingerprint density at radius 3 is 2.47 bits per heavy atom. The Hall–Kier alpha value is -1.01. The number of amides is 1. The van der Waals surface area contributed by atoms with E-state index in [4.69, 9.17) is 18.0 Å². The predicted molar refractivity (Wildman–Crippen MR) is 83.1 cm³/mol. The third-order valence-electron chi connectivity index (χ3n) is 3.50. The van der Waals surface area contributed by atoms with Gasteiger partial charge in [-0.25, -0.2) is 4.98 Å². The van der Waals surface area contributed by atoms with Gasteiger partial charge in [0.1, 0.15) is 0 Å². The monoisotopic (exact) mass is 299 g/mol. The third-order valence-corrected chi connectivity index (χ3v) is 4.71. The molecule has 1 aromatic rings. The minimum atomic E-state index is -0.727. The predicted octanol–water partition coefficient (Wildman–Crippen LogP) is 2.50. The normalized spacial score (nSPS) is 11.4. The SMILES string of the molecule is CCC(CC)(C(=O)N(C)Cc1csc(C)n1)C(N)=S. The lowest BCUT2D eigenvalue weighted by atomic mass is 9.81. The summed E-state index contributed by atoms with van der Waals surface area (Å²) >= 11 is 6.69. The molecule has 0 unspecified atom stereocenters. The van der Waals surface area contributed by atoms with Crippen LogP contribution in [0.4, 0.5) is 0 Å². The number of rotatable bonds is 6. The average Bonchev–Trinajstić information content (AvgIpc) is 2.76. The van der Waals surface area contributed by atoms with Crippen molar-refractivity contribution in [2.45, 2.75) is 40.2 Å². The molecule has 0 aromatic carbocycles. The highest BCUT2D eigenvalue weighted by atomic mass is 32.1. The van der Waals surface area contributed by atoms with E-state index >= 15 is 0 Å². The molecule has 1 heterocycles. The van der Waals surface area contributed by atoms with Gasteiger partial charge in [-0.3, -0.25) is 4.79 Å². The molecule has 0 bridgehead atoms. The van der Waals surface area contributed by atoms with E-state index in [2.05, 4.69) is 4.98 Å². The van der Waals surface area contributed by atoms with E-state index in [9.17, 15) is 4.79 Å². The van der Waals surface area contributed by atoms with Gasteiger partial charge in [0, 0.05) is 12.4 Å². The van der Waals surface area contributed by atoms with Crippen LogP contribution in [0.1, 0.15) is 37.4 Å². The maximum absolute atomic E-state index is 12.6. The number of aryl methyl sites for hydroxylation is 1. The van der Waals surface area contributed by atoms with Crippen molar-refractivity contribution < 1.29 is 4.79 Å². The van der Waals surface area contributed by atoms with Gasteiger partial charge in [-0.2, -0.15) is 0 Å². The summed E-state index contributed by atoms with van der Waals surface area (Å²) < 4.78 is 0. The Bertz CT molecular complexity index is 466. The molecule has 106 valence electrons. The van der Waals surface area contributed by atoms with Gasteiger partial charge in [-0.1, -0.05) is 26.1 Å². The molecular weight excluding hydrogens is 278 g/mol. The molecule has 0 aliphatic rings. The van der Waals surface area contributed by atoms with Crippen LogP contribution in [0.25, 0.3) is 0 Å². The Morgan fingerprint density at radius 1 is 1.53 bits per heavy atom. The van der Waals surface area contributed by atoms with E-state index in [1.54, 1.807) is 23.3 Å². The van der Waals surface area contributed by atoms with Crippen LogP contribution >= 0.6 is 23.6 Å². The van der Waals surface area contributed by atoms with Crippen molar-refractivity contribution in [2.24, 2.45) is 11.1 Å². The highest BCUT2D eigenvalue weighted by Gasteiger charge is 2.40. The molecule has 1 amide bonds. The zero-order valence-corrected chi connectivity index (χ0v) is 13.5. The molecule has 0 fully saturated rings. The van der Waals surface area contributed by atoms with Crippen molar-refractivity contribution in [2.75, 3.05) is 7.05 Å². The summed E-state index contributed by atoms with van der Waals surface area (Å²) in [5, 5.41) is 2.97. The van der Waals surface area contributed by atoms with E-state index < -0.39 is 5.41 Å². The highest BCUT2D eigenvalue weighted by molar-refractivity contribution is 7.80. The van der Waals surface area contributed by atoms with Gasteiger partial charge in [0.15, 0.2) is 0 Å². The van der Waals surface area contributed by atoms with Gasteiger partial charge in [-0.05, 0) is 19.8 Å². The van der Waals surface area contributed by atoms with Crippen molar-refractivity contribution in [3.8, 4) is 0 Å². The smallest absolute Gasteiger partial charge is 0.235 e. The van der Waals surface area contributed by atoms with Gasteiger partial charge in [0.2, 0.25) is 5.91 Å². The van der Waals surface area contributed by atoms with Gasteiger partial charge in [0.25, 0.3) is 0 Å². The summed E-state index contributed by atoms with van der Waals surface area (Å²) in [4.78, 5) is 18.9. The average molecular weight is 299 g/mol. The summed E-state index contributed by atoms with van der Waals surface area (Å²) in [5.74, 6) is -0.0179. The summed E-state index contributed by atoms with van der Waals surface area (Å²) in [5.41, 5.74) is 5.98. The van der Waals surface area contributed by atoms with Crippen LogP contribution in [0.2, 0.25) is 0 Å². The molecule has 19 heavy (non-hydrogen) atoms. The molecule has 0 saturated heterocycles. The number of nitrogens with zero attached hydrogens (tertiary/aromatic N) is 2. The number of aromatic nitrogens is 1. The summed E-state index contributed by atoms with van der Waals surface area (Å²) in [6.07, 6.45) is 1.25. The van der Waals surface area contributed by atoms with E-state index in [1.165, 1.54) is 0 Å². The molecular formula is C13H21N3OS2. The highest BCUT2D eigenvalue weighted by Crippen LogP contribution is 2.29. The Morgan fingerprint density at radius 2 is 2.11 bits per heavy atom. The Labute approximate surface area is 124 Å². The first kappa shape index (κ1) is 16.0. The van der Waals surface area contributed by atoms with E-state index in [0.29, 0.717) is 19.4 Å². The van der Waals surface area contributed by atoms with Gasteiger partial charge < -0.3 is 10.6 Å². The second kappa shape index (κ2) is 6.43. The van der Waals surface area contributed by atoms with E-state index in [0.717, 1.165) is 10.7 Å². The first-order valence-electron chi connectivity index (χ1n) is 6.33. The molecule has 1 aromatic heterocycles. The number of thiazole rings is 1. The standard InChI is InChI=1S/C13H21N3OS2/c1-5-13(6-2,11(14)18)12(17)16(4)7-10-8-19-9(3)15-10/h8H,5-7H2,1-4H3,(H2,14,18). The van der Waals surface area contributed by atoms with E-state index in [1.807, 2.05) is 26.2 Å². The minimum Gasteiger partial charge on any atom is -0.392 e. The molecule has 6 heteroatoms. The molecule has 0 aliphatic carbocycles. The molecule has 0 aliphatic heterocycles. The van der Waals surface area contributed by atoms with Crippen LogP contribution in [0, 0.1) is 12.3 Å². The van der Waals surface area contributed by atoms with Crippen molar-refractivity contribution in [3.05, 3.63) is 16.1 Å². The number of nitrogens with two attached hydrogens (primary N) is 1. The molecule has 4 nitrogen and oxygen atoms in total. The van der Waals surface area contributed by atoms with Crippen LogP contribution in [0.3, 0.4) is 0 Å². The Kier molecular flexibility index (Phi) is 5.43. The summed E-state index contributed by atoms with van der Waals surface area (Å²) in [6, 6.07) is 0. The second-order valence-corrected chi connectivity index (χ2v) is 6.17. The largest absolute Gasteiger partial charge is 0.392 e. The molecule has 0 spiro atoms. The Balaban J connectivity index is 2.88. The quantitative estimate of drug-likeness (QED) is 0.820. The fourth-order valence-electron chi connectivity index (χ4n) is 2.17. The van der Waals surface area contributed by atoms with Crippen molar-refractivity contribution in [3.63, 3.8) is 0 Å². The van der Waals surface area contributed by atoms with Gasteiger partial charge in [0.05, 0.1) is 27.6 Å². The number of hydrogen-bond donors (Lipinski definition) is 1. The first-order chi connectivity index (χ1) is 8.87. The lowest BCUT2D eigenvalue weighted by molar-refractivity contribution is -0.137. The van der Waals surface area contributed by atoms with Crippen LogP contribution in [-0.4, -0.2) is 27.8 Å². The summed E-state index contributed by atoms with van der Waals surface area (Å²) in [6.45, 7) is 6.34. The van der Waals surface area contributed by atoms with E-state index in [-0.39, 0.29) is 10.9 Å². The maximum atomic E-state index is 12.6. The summed E-state index contributed by atoms with van der Waals surface area (Å²) in [7, 11) is 1.77. The third kappa shape index (κ3) is 3.30. The molecule has 0 saturated carbocycles. The molecule has 0 atom stereocenters. The zero-order valence-electron chi connectivity index (χ0n) is 11.9.